The first kappa shape index (κ1) is 20.6. The van der Waals surface area contributed by atoms with E-state index in [2.05, 4.69) is 77.7 Å². The van der Waals surface area contributed by atoms with E-state index < -0.39 is 23.5 Å². The lowest BCUT2D eigenvalue weighted by molar-refractivity contribution is -0.175. The average molecular weight is 442 g/mol. The molecule has 2 fully saturated rings. The maximum atomic E-state index is 13.3. The van der Waals surface area contributed by atoms with E-state index in [4.69, 9.17) is 14.2 Å². The predicted octanol–water partition coefficient (Wildman–Crippen LogP) is 4.34. The van der Waals surface area contributed by atoms with E-state index in [1.165, 1.54) is 18.2 Å². The van der Waals surface area contributed by atoms with Crippen LogP contribution in [0.15, 0.2) is 78.9 Å². The molecule has 5 nitrogen and oxygen atoms in total. The molecule has 0 bridgehead atoms. The van der Waals surface area contributed by atoms with Gasteiger partial charge in [0.05, 0.1) is 12.6 Å². The summed E-state index contributed by atoms with van der Waals surface area (Å²) in [7, 11) is 1.44. The molecule has 3 aromatic rings. The Bertz CT molecular complexity index is 1180. The van der Waals surface area contributed by atoms with Crippen LogP contribution >= 0.6 is 0 Å². The Morgan fingerprint density at radius 3 is 2.06 bits per heavy atom. The molecular weight excluding hydrogens is 414 g/mol. The van der Waals surface area contributed by atoms with Crippen LogP contribution in [0.2, 0.25) is 0 Å². The first-order valence-electron chi connectivity index (χ1n) is 11.4. The molecule has 1 aliphatic carbocycles. The molecular formula is C28H27NO4. The highest BCUT2D eigenvalue weighted by Gasteiger charge is 2.63. The largest absolute Gasteiger partial charge is 0.468 e. The zero-order chi connectivity index (χ0) is 22.8. The van der Waals surface area contributed by atoms with E-state index >= 15 is 0 Å². The number of esters is 1. The number of rotatable bonds is 3. The van der Waals surface area contributed by atoms with Crippen LogP contribution in [-0.2, 0) is 24.5 Å². The van der Waals surface area contributed by atoms with Gasteiger partial charge in [0.25, 0.3) is 0 Å². The number of fused-ring (bicyclic) bond motifs is 4. The summed E-state index contributed by atoms with van der Waals surface area (Å²) in [5.41, 5.74) is 5.11. The molecule has 2 heterocycles. The highest BCUT2D eigenvalue weighted by atomic mass is 16.8. The Morgan fingerprint density at radius 1 is 0.879 bits per heavy atom. The van der Waals surface area contributed by atoms with Gasteiger partial charge in [-0.2, -0.15) is 0 Å². The SMILES string of the molecule is COC(=O)[C@@H]1[C@@H]2OC(C)(C)O[C@@H]2CN1C1(c2ccccc2)c2ccccc2-c2ccccc21. The molecule has 0 saturated carbocycles. The normalized spacial score (nSPS) is 26.5. The van der Waals surface area contributed by atoms with Gasteiger partial charge < -0.3 is 14.2 Å². The molecule has 33 heavy (non-hydrogen) atoms. The Morgan fingerprint density at radius 2 is 1.45 bits per heavy atom. The summed E-state index contributed by atoms with van der Waals surface area (Å²) in [6, 6.07) is 26.8. The summed E-state index contributed by atoms with van der Waals surface area (Å²) in [6.45, 7) is 4.35. The van der Waals surface area contributed by atoms with Gasteiger partial charge in [-0.3, -0.25) is 9.69 Å². The topological polar surface area (TPSA) is 48.0 Å². The quantitative estimate of drug-likeness (QED) is 0.566. The lowest BCUT2D eigenvalue weighted by Gasteiger charge is -2.44. The molecule has 0 radical (unpaired) electrons. The van der Waals surface area contributed by atoms with Crippen molar-refractivity contribution >= 4 is 5.97 Å². The van der Waals surface area contributed by atoms with Gasteiger partial charge in [0, 0.05) is 6.54 Å². The van der Waals surface area contributed by atoms with E-state index in [1.807, 2.05) is 19.9 Å². The number of carbonyl (C=O) groups excluding carboxylic acids is 1. The molecule has 3 aromatic carbocycles. The molecule has 0 amide bonds. The summed E-state index contributed by atoms with van der Waals surface area (Å²) < 4.78 is 17.9. The molecule has 0 aromatic heterocycles. The fourth-order valence-corrected chi connectivity index (χ4v) is 6.16. The zero-order valence-corrected chi connectivity index (χ0v) is 19.0. The summed E-state index contributed by atoms with van der Waals surface area (Å²) in [4.78, 5) is 15.6. The first-order chi connectivity index (χ1) is 16.0. The first-order valence-corrected chi connectivity index (χ1v) is 11.4. The fraction of sp³-hybridized carbons (Fsp3) is 0.321. The van der Waals surface area contributed by atoms with Crippen LogP contribution in [0.5, 0.6) is 0 Å². The number of ether oxygens (including phenoxy) is 3. The van der Waals surface area contributed by atoms with Gasteiger partial charge in [-0.25, -0.2) is 0 Å². The van der Waals surface area contributed by atoms with Crippen molar-refractivity contribution in [1.82, 2.24) is 4.90 Å². The molecule has 6 rings (SSSR count). The highest BCUT2D eigenvalue weighted by Crippen LogP contribution is 2.57. The van der Waals surface area contributed by atoms with Crippen molar-refractivity contribution in [1.29, 1.82) is 0 Å². The number of methoxy groups -OCH3 is 1. The van der Waals surface area contributed by atoms with E-state index in [0.717, 1.165) is 16.7 Å². The van der Waals surface area contributed by atoms with Crippen LogP contribution in [0.3, 0.4) is 0 Å². The second-order valence-electron chi connectivity index (χ2n) is 9.43. The van der Waals surface area contributed by atoms with Crippen molar-refractivity contribution in [3.8, 4) is 11.1 Å². The molecule has 0 spiro atoms. The second-order valence-corrected chi connectivity index (χ2v) is 9.43. The Balaban J connectivity index is 1.64. The number of carbonyl (C=O) groups is 1. The average Bonchev–Trinajstić information content (AvgIpc) is 3.43. The third-order valence-corrected chi connectivity index (χ3v) is 7.23. The number of hydrogen-bond donors (Lipinski definition) is 0. The fourth-order valence-electron chi connectivity index (χ4n) is 6.16. The standard InChI is InChI=1S/C28H27NO4/c1-27(2)32-23-17-29(24(25(23)33-27)26(30)31-3)28(18-11-5-4-6-12-18)21-15-9-7-13-19(21)20-14-8-10-16-22(20)28/h4-16,23-25H,17H2,1-3H3/t23-,24+,25-/m1/s1. The van der Waals surface area contributed by atoms with Gasteiger partial charge in [-0.1, -0.05) is 78.9 Å². The minimum Gasteiger partial charge on any atom is -0.468 e. The Labute approximate surface area is 193 Å². The van der Waals surface area contributed by atoms with Crippen LogP contribution in [-0.4, -0.2) is 48.6 Å². The smallest absolute Gasteiger partial charge is 0.325 e. The summed E-state index contributed by atoms with van der Waals surface area (Å²) in [5.74, 6) is -1.04. The second kappa shape index (κ2) is 7.26. The van der Waals surface area contributed by atoms with E-state index in [-0.39, 0.29) is 12.1 Å². The molecule has 2 aliphatic heterocycles. The Kier molecular flexibility index (Phi) is 4.53. The van der Waals surface area contributed by atoms with Crippen molar-refractivity contribution < 1.29 is 19.0 Å². The van der Waals surface area contributed by atoms with Crippen LogP contribution in [0.25, 0.3) is 11.1 Å². The van der Waals surface area contributed by atoms with Gasteiger partial charge in [0.15, 0.2) is 5.79 Å². The van der Waals surface area contributed by atoms with Crippen molar-refractivity contribution in [2.45, 2.75) is 43.4 Å². The third-order valence-electron chi connectivity index (χ3n) is 7.23. The maximum absolute atomic E-state index is 13.3. The maximum Gasteiger partial charge on any atom is 0.325 e. The minimum absolute atomic E-state index is 0.232. The lowest BCUT2D eigenvalue weighted by Crippen LogP contribution is -2.55. The van der Waals surface area contributed by atoms with E-state index in [9.17, 15) is 4.79 Å². The van der Waals surface area contributed by atoms with E-state index in [0.29, 0.717) is 6.54 Å². The van der Waals surface area contributed by atoms with Gasteiger partial charge >= 0.3 is 5.97 Å². The summed E-state index contributed by atoms with van der Waals surface area (Å²) >= 11 is 0. The number of likely N-dealkylation sites (tertiary alicyclic amines) is 1. The molecule has 0 unspecified atom stereocenters. The van der Waals surface area contributed by atoms with Crippen molar-refractivity contribution in [3.05, 3.63) is 95.6 Å². The van der Waals surface area contributed by atoms with Crippen LogP contribution in [0, 0.1) is 0 Å². The third kappa shape index (κ3) is 2.80. The number of benzene rings is 3. The molecule has 3 atom stereocenters. The van der Waals surface area contributed by atoms with Gasteiger partial charge in [0.1, 0.15) is 18.2 Å². The minimum atomic E-state index is -0.737. The van der Waals surface area contributed by atoms with Gasteiger partial charge in [-0.05, 0) is 41.7 Å². The van der Waals surface area contributed by atoms with Gasteiger partial charge in [-0.15, -0.1) is 0 Å². The summed E-state index contributed by atoms with van der Waals surface area (Å²) in [6.07, 6.45) is -0.641. The lowest BCUT2D eigenvalue weighted by atomic mass is 9.78. The van der Waals surface area contributed by atoms with E-state index in [1.54, 1.807) is 0 Å². The van der Waals surface area contributed by atoms with Crippen molar-refractivity contribution in [3.63, 3.8) is 0 Å². The van der Waals surface area contributed by atoms with Crippen LogP contribution in [0.1, 0.15) is 30.5 Å². The number of nitrogens with zero attached hydrogens (tertiary/aromatic N) is 1. The Hall–Kier alpha value is -2.99. The highest BCUT2D eigenvalue weighted by molar-refractivity contribution is 5.85. The predicted molar refractivity (Wildman–Crippen MR) is 125 cm³/mol. The van der Waals surface area contributed by atoms with Crippen molar-refractivity contribution in [2.75, 3.05) is 13.7 Å². The molecule has 5 heteroatoms. The molecule has 168 valence electrons. The number of hydrogen-bond acceptors (Lipinski definition) is 5. The molecule has 3 aliphatic rings. The van der Waals surface area contributed by atoms with Gasteiger partial charge in [0.2, 0.25) is 0 Å². The zero-order valence-electron chi connectivity index (χ0n) is 19.0. The van der Waals surface area contributed by atoms with Crippen molar-refractivity contribution in [2.24, 2.45) is 0 Å². The van der Waals surface area contributed by atoms with Crippen LogP contribution in [0.4, 0.5) is 0 Å². The molecule has 0 N–H and O–H groups in total. The molecule has 2 saturated heterocycles. The van der Waals surface area contributed by atoms with Crippen LogP contribution < -0.4 is 0 Å². The monoisotopic (exact) mass is 441 g/mol. The summed E-state index contributed by atoms with van der Waals surface area (Å²) in [5, 5.41) is 0.